The minimum atomic E-state index is -0.666. The summed E-state index contributed by atoms with van der Waals surface area (Å²) in [6, 6.07) is 9.49. The molecule has 0 saturated carbocycles. The Morgan fingerprint density at radius 2 is 1.79 bits per heavy atom. The van der Waals surface area contributed by atoms with Crippen LogP contribution in [-0.2, 0) is 17.6 Å². The summed E-state index contributed by atoms with van der Waals surface area (Å²) in [5, 5.41) is 16.5. The number of hydrogen-bond donors (Lipinski definition) is 3. The third-order valence-electron chi connectivity index (χ3n) is 5.41. The van der Waals surface area contributed by atoms with E-state index >= 15 is 0 Å². The van der Waals surface area contributed by atoms with Gasteiger partial charge in [-0.3, -0.25) is 4.79 Å². The second-order valence-electron chi connectivity index (χ2n) is 7.92. The molecule has 0 saturated heterocycles. The number of hydrogen-bond acceptors (Lipinski definition) is 7. The summed E-state index contributed by atoms with van der Waals surface area (Å²) in [4.78, 5) is 11.9. The fourth-order valence-corrected chi connectivity index (χ4v) is 3.68. The first-order chi connectivity index (χ1) is 16.0. The largest absolute Gasteiger partial charge is 0.493 e. The molecule has 1 aliphatic rings. The SMILES string of the molecule is CCCOc1ccc(OCC(O)CNCCc2ccc(OC)c(OC)c2)c2c1NC(=O)CC2. The summed E-state index contributed by atoms with van der Waals surface area (Å²) in [6.07, 6.45) is 1.99. The van der Waals surface area contributed by atoms with E-state index in [9.17, 15) is 9.90 Å². The lowest BCUT2D eigenvalue weighted by atomic mass is 10.0. The van der Waals surface area contributed by atoms with Crippen LogP contribution < -0.4 is 29.6 Å². The highest BCUT2D eigenvalue weighted by molar-refractivity contribution is 5.96. The lowest BCUT2D eigenvalue weighted by molar-refractivity contribution is -0.116. The number of carbonyl (C=O) groups excluding carboxylic acids is 1. The normalized spacial score (nSPS) is 13.6. The molecule has 3 rings (SSSR count). The smallest absolute Gasteiger partial charge is 0.224 e. The summed E-state index contributed by atoms with van der Waals surface area (Å²) in [5.41, 5.74) is 2.71. The third kappa shape index (κ3) is 6.76. The first-order valence-corrected chi connectivity index (χ1v) is 11.4. The molecule has 180 valence electrons. The summed E-state index contributed by atoms with van der Waals surface area (Å²) in [6.45, 7) is 3.88. The van der Waals surface area contributed by atoms with Crippen LogP contribution in [0.5, 0.6) is 23.0 Å². The van der Waals surface area contributed by atoms with Crippen LogP contribution in [0.4, 0.5) is 5.69 Å². The van der Waals surface area contributed by atoms with Gasteiger partial charge in [-0.2, -0.15) is 0 Å². The third-order valence-corrected chi connectivity index (χ3v) is 5.41. The quantitative estimate of drug-likeness (QED) is 0.397. The Hall–Kier alpha value is -2.97. The number of ether oxygens (including phenoxy) is 4. The molecular weight excluding hydrogens is 424 g/mol. The molecule has 1 unspecified atom stereocenters. The Morgan fingerprint density at radius 1 is 1.03 bits per heavy atom. The van der Waals surface area contributed by atoms with Crippen LogP contribution in [0.1, 0.15) is 30.9 Å². The van der Waals surface area contributed by atoms with Crippen LogP contribution in [0.2, 0.25) is 0 Å². The van der Waals surface area contributed by atoms with Gasteiger partial charge >= 0.3 is 0 Å². The van der Waals surface area contributed by atoms with Crippen molar-refractivity contribution in [3.8, 4) is 23.0 Å². The number of carbonyl (C=O) groups is 1. The fourth-order valence-electron chi connectivity index (χ4n) is 3.68. The van der Waals surface area contributed by atoms with Crippen molar-refractivity contribution < 1.29 is 28.8 Å². The van der Waals surface area contributed by atoms with Crippen molar-refractivity contribution in [3.05, 3.63) is 41.5 Å². The lowest BCUT2D eigenvalue weighted by Crippen LogP contribution is -2.32. The van der Waals surface area contributed by atoms with Gasteiger partial charge in [0, 0.05) is 18.5 Å². The average molecular weight is 459 g/mol. The zero-order chi connectivity index (χ0) is 23.6. The van der Waals surface area contributed by atoms with Gasteiger partial charge in [0.2, 0.25) is 5.91 Å². The number of methoxy groups -OCH3 is 2. The number of benzene rings is 2. The first kappa shape index (κ1) is 24.7. The number of fused-ring (bicyclic) bond motifs is 1. The van der Waals surface area contributed by atoms with E-state index in [0.29, 0.717) is 61.2 Å². The van der Waals surface area contributed by atoms with E-state index < -0.39 is 6.10 Å². The highest BCUT2D eigenvalue weighted by Crippen LogP contribution is 2.39. The van der Waals surface area contributed by atoms with Gasteiger partial charge in [-0.25, -0.2) is 0 Å². The number of anilines is 1. The summed E-state index contributed by atoms with van der Waals surface area (Å²) < 4.78 is 22.3. The van der Waals surface area contributed by atoms with Gasteiger partial charge in [0.05, 0.1) is 26.5 Å². The van der Waals surface area contributed by atoms with E-state index in [1.165, 1.54) is 0 Å². The van der Waals surface area contributed by atoms with Crippen molar-refractivity contribution in [2.75, 3.05) is 45.8 Å². The number of amides is 1. The van der Waals surface area contributed by atoms with Crippen LogP contribution in [0.15, 0.2) is 30.3 Å². The molecule has 0 spiro atoms. The number of aliphatic hydroxyl groups is 1. The van der Waals surface area contributed by atoms with E-state index in [4.69, 9.17) is 18.9 Å². The predicted molar refractivity (Wildman–Crippen MR) is 127 cm³/mol. The standard InChI is InChI=1S/C25H34N2O6/c1-4-13-32-22-9-8-20(19-6-10-24(29)27-25(19)22)33-16-18(28)15-26-12-11-17-5-7-21(30-2)23(14-17)31-3/h5,7-9,14,18,26,28H,4,6,10-13,15-16H2,1-3H3,(H,27,29). The van der Waals surface area contributed by atoms with Crippen LogP contribution in [0, 0.1) is 0 Å². The average Bonchev–Trinajstić information content (AvgIpc) is 2.84. The van der Waals surface area contributed by atoms with Crippen LogP contribution in [-0.4, -0.2) is 57.6 Å². The molecule has 0 radical (unpaired) electrons. The van der Waals surface area contributed by atoms with Crippen LogP contribution in [0.25, 0.3) is 0 Å². The first-order valence-electron chi connectivity index (χ1n) is 11.4. The Morgan fingerprint density at radius 3 is 2.55 bits per heavy atom. The highest BCUT2D eigenvalue weighted by atomic mass is 16.5. The van der Waals surface area contributed by atoms with Crippen molar-refractivity contribution in [2.24, 2.45) is 0 Å². The minimum absolute atomic E-state index is 0.0280. The maximum Gasteiger partial charge on any atom is 0.224 e. The minimum Gasteiger partial charge on any atom is -0.493 e. The molecule has 0 aliphatic carbocycles. The monoisotopic (exact) mass is 458 g/mol. The lowest BCUT2D eigenvalue weighted by Gasteiger charge is -2.23. The van der Waals surface area contributed by atoms with Crippen LogP contribution in [0.3, 0.4) is 0 Å². The summed E-state index contributed by atoms with van der Waals surface area (Å²) in [7, 11) is 3.23. The summed E-state index contributed by atoms with van der Waals surface area (Å²) >= 11 is 0. The Kier molecular flexibility index (Phi) is 9.21. The van der Waals surface area contributed by atoms with Crippen molar-refractivity contribution >= 4 is 11.6 Å². The Bertz CT molecular complexity index is 933. The van der Waals surface area contributed by atoms with E-state index in [0.717, 1.165) is 24.0 Å². The molecule has 33 heavy (non-hydrogen) atoms. The van der Waals surface area contributed by atoms with Crippen molar-refractivity contribution in [2.45, 2.75) is 38.7 Å². The zero-order valence-corrected chi connectivity index (χ0v) is 19.6. The molecule has 2 aromatic rings. The molecule has 8 heteroatoms. The van der Waals surface area contributed by atoms with Gasteiger partial charge in [0.25, 0.3) is 0 Å². The number of aliphatic hydroxyl groups excluding tert-OH is 1. The fraction of sp³-hybridized carbons (Fsp3) is 0.480. The predicted octanol–water partition coefficient (Wildman–Crippen LogP) is 2.95. The van der Waals surface area contributed by atoms with Gasteiger partial charge in [0.15, 0.2) is 11.5 Å². The Balaban J connectivity index is 1.48. The number of nitrogens with one attached hydrogen (secondary N) is 2. The van der Waals surface area contributed by atoms with Crippen LogP contribution >= 0.6 is 0 Å². The Labute approximate surface area is 195 Å². The molecule has 1 atom stereocenters. The zero-order valence-electron chi connectivity index (χ0n) is 19.6. The van der Waals surface area contributed by atoms with E-state index in [1.54, 1.807) is 14.2 Å². The van der Waals surface area contributed by atoms with Crippen molar-refractivity contribution in [1.29, 1.82) is 0 Å². The molecule has 0 aromatic heterocycles. The second-order valence-corrected chi connectivity index (χ2v) is 7.92. The van der Waals surface area contributed by atoms with Gasteiger partial charge in [-0.1, -0.05) is 13.0 Å². The highest BCUT2D eigenvalue weighted by Gasteiger charge is 2.23. The molecule has 1 amide bonds. The van der Waals surface area contributed by atoms with E-state index in [1.807, 2.05) is 37.3 Å². The maximum absolute atomic E-state index is 11.9. The van der Waals surface area contributed by atoms with E-state index in [2.05, 4.69) is 10.6 Å². The molecule has 8 nitrogen and oxygen atoms in total. The van der Waals surface area contributed by atoms with Gasteiger partial charge in [-0.05, 0) is 55.6 Å². The molecule has 0 fully saturated rings. The van der Waals surface area contributed by atoms with Gasteiger partial charge in [0.1, 0.15) is 24.2 Å². The van der Waals surface area contributed by atoms with Crippen molar-refractivity contribution in [3.63, 3.8) is 0 Å². The second kappa shape index (κ2) is 12.3. The molecule has 2 aromatic carbocycles. The molecule has 3 N–H and O–H groups in total. The van der Waals surface area contributed by atoms with Crippen molar-refractivity contribution in [1.82, 2.24) is 5.32 Å². The van der Waals surface area contributed by atoms with E-state index in [-0.39, 0.29) is 12.5 Å². The molecule has 1 heterocycles. The maximum atomic E-state index is 11.9. The molecule has 1 aliphatic heterocycles. The van der Waals surface area contributed by atoms with Gasteiger partial charge in [-0.15, -0.1) is 0 Å². The molecule has 0 bridgehead atoms. The van der Waals surface area contributed by atoms with Gasteiger partial charge < -0.3 is 34.7 Å². The topological polar surface area (TPSA) is 98.3 Å². The summed E-state index contributed by atoms with van der Waals surface area (Å²) in [5.74, 6) is 2.70. The number of rotatable bonds is 13. The molecular formula is C25H34N2O6.